The smallest absolute Gasteiger partial charge is 0.285 e. The van der Waals surface area contributed by atoms with E-state index in [0.29, 0.717) is 29.8 Å². The van der Waals surface area contributed by atoms with Crippen molar-refractivity contribution < 1.29 is 4.79 Å². The number of anilines is 1. The van der Waals surface area contributed by atoms with E-state index in [-0.39, 0.29) is 18.0 Å². The first-order chi connectivity index (χ1) is 11.9. The molecular weight excluding hydrogens is 384 g/mol. The van der Waals surface area contributed by atoms with Crippen LogP contribution in [0.3, 0.4) is 0 Å². The number of aromatic nitrogens is 2. The number of amides is 1. The van der Waals surface area contributed by atoms with Gasteiger partial charge in [0.05, 0.1) is 5.69 Å². The molecule has 0 aliphatic carbocycles. The number of nitrogens with one attached hydrogen (secondary N) is 1. The van der Waals surface area contributed by atoms with Gasteiger partial charge in [-0.25, -0.2) is 4.68 Å². The van der Waals surface area contributed by atoms with Gasteiger partial charge in [-0.1, -0.05) is 29.8 Å². The third-order valence-corrected chi connectivity index (χ3v) is 4.76. The molecule has 0 fully saturated rings. The Morgan fingerprint density at radius 1 is 1.36 bits per heavy atom. The molecule has 7 heteroatoms. The van der Waals surface area contributed by atoms with Crippen LogP contribution in [-0.4, -0.2) is 15.7 Å². The van der Waals surface area contributed by atoms with Crippen LogP contribution in [0.5, 0.6) is 0 Å². The predicted molar refractivity (Wildman–Crippen MR) is 99.5 cm³/mol. The van der Waals surface area contributed by atoms with Gasteiger partial charge in [-0.3, -0.25) is 9.59 Å². The molecule has 1 aromatic heterocycles. The van der Waals surface area contributed by atoms with Crippen molar-refractivity contribution in [3.63, 3.8) is 0 Å². The first-order valence-corrected chi connectivity index (χ1v) is 8.79. The first-order valence-electron chi connectivity index (χ1n) is 8.00. The van der Waals surface area contributed by atoms with Crippen molar-refractivity contribution in [3.05, 3.63) is 55.4 Å². The maximum atomic E-state index is 12.4. The van der Waals surface area contributed by atoms with Gasteiger partial charge < -0.3 is 5.32 Å². The summed E-state index contributed by atoms with van der Waals surface area (Å²) in [6, 6.07) is 7.40. The summed E-state index contributed by atoms with van der Waals surface area (Å²) in [5.74, 6) is -0.369. The molecule has 1 N–H and O–H groups in total. The van der Waals surface area contributed by atoms with Crippen LogP contribution in [0.25, 0.3) is 0 Å². The lowest BCUT2D eigenvalue weighted by atomic mass is 10.0. The molecule has 1 aromatic carbocycles. The topological polar surface area (TPSA) is 87.8 Å². The minimum absolute atomic E-state index is 0.0710. The van der Waals surface area contributed by atoms with Gasteiger partial charge in [-0.2, -0.15) is 10.4 Å². The van der Waals surface area contributed by atoms with Crippen molar-refractivity contribution in [2.75, 3.05) is 5.32 Å². The van der Waals surface area contributed by atoms with E-state index in [1.165, 1.54) is 0 Å². The Balaban J connectivity index is 2.30. The van der Waals surface area contributed by atoms with E-state index >= 15 is 0 Å². The number of nitriles is 1. The second-order valence-corrected chi connectivity index (χ2v) is 6.45. The third-order valence-electron chi connectivity index (χ3n) is 3.88. The van der Waals surface area contributed by atoms with E-state index < -0.39 is 5.56 Å². The van der Waals surface area contributed by atoms with Gasteiger partial charge in [-0.15, -0.1) is 0 Å². The lowest BCUT2D eigenvalue weighted by molar-refractivity contribution is -0.117. The minimum atomic E-state index is -0.529. The fourth-order valence-corrected chi connectivity index (χ4v) is 2.85. The normalized spacial score (nSPS) is 10.4. The van der Waals surface area contributed by atoms with Crippen LogP contribution in [0.2, 0.25) is 0 Å². The Kier molecular flexibility index (Phi) is 6.10. The lowest BCUT2D eigenvalue weighted by Crippen LogP contribution is -2.33. The van der Waals surface area contributed by atoms with Crippen molar-refractivity contribution in [1.82, 2.24) is 9.78 Å². The van der Waals surface area contributed by atoms with Crippen LogP contribution < -0.4 is 10.9 Å². The van der Waals surface area contributed by atoms with Gasteiger partial charge in [0.15, 0.2) is 0 Å². The zero-order chi connectivity index (χ0) is 18.6. The largest absolute Gasteiger partial charge is 0.324 e. The van der Waals surface area contributed by atoms with E-state index in [9.17, 15) is 14.9 Å². The zero-order valence-corrected chi connectivity index (χ0v) is 16.0. The Hall–Kier alpha value is -2.46. The number of aryl methyl sites for hydroxylation is 2. The van der Waals surface area contributed by atoms with Crippen LogP contribution in [0.1, 0.15) is 36.2 Å². The van der Waals surface area contributed by atoms with Gasteiger partial charge in [0.25, 0.3) is 5.56 Å². The number of carbonyl (C=O) groups is 1. The maximum absolute atomic E-state index is 12.4. The number of benzene rings is 1. The summed E-state index contributed by atoms with van der Waals surface area (Å²) in [7, 11) is 0. The average Bonchev–Trinajstić information content (AvgIpc) is 2.59. The zero-order valence-electron chi connectivity index (χ0n) is 14.4. The quantitative estimate of drug-likeness (QED) is 0.832. The minimum Gasteiger partial charge on any atom is -0.324 e. The Morgan fingerprint density at radius 3 is 2.64 bits per heavy atom. The Labute approximate surface area is 154 Å². The molecule has 0 aliphatic rings. The molecule has 1 amide bonds. The molecule has 2 aromatic rings. The number of nitrogens with zero attached hydrogens (tertiary/aromatic N) is 3. The molecule has 0 atom stereocenters. The first kappa shape index (κ1) is 18.9. The molecule has 130 valence electrons. The number of halogens is 1. The molecular formula is C18H19BrN4O2. The number of carbonyl (C=O) groups excluding carboxylic acids is 1. The van der Waals surface area contributed by atoms with E-state index in [4.69, 9.17) is 0 Å². The Bertz CT molecular complexity index is 913. The SMILES string of the molecule is CCc1nn(CC(=O)Nc2ccc(Br)c(C)c2)c(=O)c(C#N)c1CC. The lowest BCUT2D eigenvalue weighted by Gasteiger charge is -2.12. The summed E-state index contributed by atoms with van der Waals surface area (Å²) in [5.41, 5.74) is 2.50. The average molecular weight is 403 g/mol. The monoisotopic (exact) mass is 402 g/mol. The summed E-state index contributed by atoms with van der Waals surface area (Å²) >= 11 is 3.41. The molecule has 1 heterocycles. The van der Waals surface area contributed by atoms with Gasteiger partial charge in [0, 0.05) is 10.2 Å². The highest BCUT2D eigenvalue weighted by Gasteiger charge is 2.16. The van der Waals surface area contributed by atoms with Crippen molar-refractivity contribution in [2.24, 2.45) is 0 Å². The summed E-state index contributed by atoms with van der Waals surface area (Å²) in [6.07, 6.45) is 1.14. The summed E-state index contributed by atoms with van der Waals surface area (Å²) in [4.78, 5) is 24.7. The predicted octanol–water partition coefficient (Wildman–Crippen LogP) is 2.95. The molecule has 0 bridgehead atoms. The fraction of sp³-hybridized carbons (Fsp3) is 0.333. The van der Waals surface area contributed by atoms with Crippen LogP contribution in [0.4, 0.5) is 5.69 Å². The second-order valence-electron chi connectivity index (χ2n) is 5.59. The van der Waals surface area contributed by atoms with Crippen LogP contribution in [-0.2, 0) is 24.2 Å². The fourth-order valence-electron chi connectivity index (χ4n) is 2.60. The van der Waals surface area contributed by atoms with Gasteiger partial charge in [0.2, 0.25) is 5.91 Å². The molecule has 0 radical (unpaired) electrons. The second kappa shape index (κ2) is 8.08. The van der Waals surface area contributed by atoms with E-state index in [2.05, 4.69) is 26.3 Å². The molecule has 2 rings (SSSR count). The molecule has 0 saturated carbocycles. The van der Waals surface area contributed by atoms with E-state index in [0.717, 1.165) is 14.7 Å². The molecule has 0 saturated heterocycles. The van der Waals surface area contributed by atoms with Crippen molar-refractivity contribution >= 4 is 27.5 Å². The van der Waals surface area contributed by atoms with E-state index in [1.54, 1.807) is 6.07 Å². The molecule has 25 heavy (non-hydrogen) atoms. The molecule has 6 nitrogen and oxygen atoms in total. The maximum Gasteiger partial charge on any atom is 0.285 e. The number of hydrogen-bond acceptors (Lipinski definition) is 4. The number of hydrogen-bond donors (Lipinski definition) is 1. The standard InChI is InChI=1S/C18H19BrN4O2/c1-4-13-14(9-20)18(25)23(22-16(13)5-2)10-17(24)21-12-6-7-15(19)11(3)8-12/h6-8H,4-5,10H2,1-3H3,(H,21,24). The van der Waals surface area contributed by atoms with Gasteiger partial charge in [0.1, 0.15) is 18.2 Å². The van der Waals surface area contributed by atoms with Gasteiger partial charge in [-0.05, 0) is 49.1 Å². The highest BCUT2D eigenvalue weighted by Crippen LogP contribution is 2.20. The third kappa shape index (κ3) is 4.15. The van der Waals surface area contributed by atoms with Crippen LogP contribution >= 0.6 is 15.9 Å². The summed E-state index contributed by atoms with van der Waals surface area (Å²) in [5, 5.41) is 16.3. The van der Waals surface area contributed by atoms with Crippen molar-refractivity contribution in [1.29, 1.82) is 5.26 Å². The molecule has 0 aliphatic heterocycles. The highest BCUT2D eigenvalue weighted by atomic mass is 79.9. The molecule has 0 unspecified atom stereocenters. The number of rotatable bonds is 5. The Morgan fingerprint density at radius 2 is 2.08 bits per heavy atom. The summed E-state index contributed by atoms with van der Waals surface area (Å²) < 4.78 is 2.02. The van der Waals surface area contributed by atoms with Crippen molar-refractivity contribution in [2.45, 2.75) is 40.2 Å². The van der Waals surface area contributed by atoms with Crippen molar-refractivity contribution in [3.8, 4) is 6.07 Å². The highest BCUT2D eigenvalue weighted by molar-refractivity contribution is 9.10. The van der Waals surface area contributed by atoms with E-state index in [1.807, 2.05) is 39.0 Å². The van der Waals surface area contributed by atoms with Crippen LogP contribution in [0, 0.1) is 18.3 Å². The molecule has 0 spiro atoms. The summed E-state index contributed by atoms with van der Waals surface area (Å²) in [6.45, 7) is 5.47. The van der Waals surface area contributed by atoms with Gasteiger partial charge >= 0.3 is 0 Å². The van der Waals surface area contributed by atoms with Crippen LogP contribution in [0.15, 0.2) is 27.5 Å².